The van der Waals surface area contributed by atoms with Crippen LogP contribution in [0.25, 0.3) is 44.2 Å². The van der Waals surface area contributed by atoms with E-state index in [-0.39, 0.29) is 35.9 Å². The fourth-order valence-electron chi connectivity index (χ4n) is 10.5. The number of aromatic amines is 2. The summed E-state index contributed by atoms with van der Waals surface area (Å²) in [6.07, 6.45) is 4.41. The smallest absolute Gasteiger partial charge is 0.407 e. The number of benzene rings is 3. The van der Waals surface area contributed by atoms with Gasteiger partial charge in [-0.15, -0.1) is 0 Å². The zero-order chi connectivity index (χ0) is 46.4. The van der Waals surface area contributed by atoms with Gasteiger partial charge in [0, 0.05) is 43.4 Å². The van der Waals surface area contributed by atoms with E-state index in [1.54, 1.807) is 22.9 Å². The van der Waals surface area contributed by atoms with Crippen LogP contribution in [0.3, 0.4) is 0 Å². The Morgan fingerprint density at radius 2 is 1.71 bits per heavy atom. The molecule has 4 amide bonds. The maximum absolute atomic E-state index is 14.6. The summed E-state index contributed by atoms with van der Waals surface area (Å²) in [5.41, 5.74) is 12.3. The minimum absolute atomic E-state index is 0.0903. The molecular formula is C48H59N9O9. The van der Waals surface area contributed by atoms with Crippen LogP contribution in [0.5, 0.6) is 5.75 Å². The number of amides is 4. The summed E-state index contributed by atoms with van der Waals surface area (Å²) in [7, 11) is 4.05. The number of H-pyrrole nitrogens is 2. The molecule has 4 aliphatic heterocycles. The van der Waals surface area contributed by atoms with Crippen molar-refractivity contribution in [1.29, 1.82) is 0 Å². The number of ether oxygens (including phenoxy) is 5. The number of nitrogens with one attached hydrogen (secondary N) is 4. The van der Waals surface area contributed by atoms with E-state index >= 15 is 0 Å². The van der Waals surface area contributed by atoms with E-state index in [4.69, 9.17) is 39.4 Å². The SMILES string of the molecule is CC[C@H]1CC[C@@](N)(c2ncc(-c3ccc4c(c3)COc3cc5c(ccc6nc([C@@H]7CC[C@H](C)N7C(=O)C(NC(=O)OC)[C@@H](C)OC)[nH]c65)cc3-4)[nH]2)N1C(=O)C(NC(=O)OC)C1CCOCC1. The Bertz CT molecular complexity index is 2660. The van der Waals surface area contributed by atoms with Crippen LogP contribution < -0.4 is 21.1 Å². The van der Waals surface area contributed by atoms with Crippen LogP contribution >= 0.6 is 0 Å². The van der Waals surface area contributed by atoms with Gasteiger partial charge in [-0.2, -0.15) is 0 Å². The van der Waals surface area contributed by atoms with Crippen molar-refractivity contribution in [3.8, 4) is 28.1 Å². The summed E-state index contributed by atoms with van der Waals surface area (Å²) in [5, 5.41) is 7.43. The number of hydrogen-bond donors (Lipinski definition) is 5. The molecular weight excluding hydrogens is 847 g/mol. The van der Waals surface area contributed by atoms with E-state index in [0.29, 0.717) is 70.0 Å². The van der Waals surface area contributed by atoms with Gasteiger partial charge in [0.1, 0.15) is 36.1 Å². The van der Waals surface area contributed by atoms with E-state index in [0.717, 1.165) is 61.9 Å². The number of hydrogen-bond acceptors (Lipinski definition) is 12. The lowest BCUT2D eigenvalue weighted by atomic mass is 9.90. The molecule has 0 spiro atoms. The fourth-order valence-corrected chi connectivity index (χ4v) is 10.5. The fraction of sp³-hybridized carbons (Fsp3) is 0.500. The number of fused-ring (bicyclic) bond motifs is 6. The number of nitrogens with zero attached hydrogens (tertiary/aromatic N) is 4. The van der Waals surface area contributed by atoms with Crippen molar-refractivity contribution in [1.82, 2.24) is 40.4 Å². The summed E-state index contributed by atoms with van der Waals surface area (Å²) >= 11 is 0. The number of imidazole rings is 2. The molecule has 6 heterocycles. The lowest BCUT2D eigenvalue weighted by molar-refractivity contribution is -0.143. The first kappa shape index (κ1) is 44.9. The van der Waals surface area contributed by atoms with Gasteiger partial charge in [-0.3, -0.25) is 9.59 Å². The molecule has 7 atom stereocenters. The van der Waals surface area contributed by atoms with E-state index in [2.05, 4.69) is 44.9 Å². The Balaban J connectivity index is 0.978. The number of nitrogens with two attached hydrogens (primary N) is 1. The first-order valence-electron chi connectivity index (χ1n) is 22.9. The molecule has 4 aliphatic rings. The number of methoxy groups -OCH3 is 3. The second-order valence-electron chi connectivity index (χ2n) is 18.0. The number of aromatic nitrogens is 4. The summed E-state index contributed by atoms with van der Waals surface area (Å²) in [5.74, 6) is 1.25. The van der Waals surface area contributed by atoms with Crippen LogP contribution in [0, 0.1) is 5.92 Å². The number of rotatable bonds is 11. The molecule has 9 rings (SSSR count). The zero-order valence-corrected chi connectivity index (χ0v) is 38.3. The molecule has 0 radical (unpaired) electrons. The molecule has 3 saturated heterocycles. The van der Waals surface area contributed by atoms with Gasteiger partial charge in [-0.1, -0.05) is 25.1 Å². The van der Waals surface area contributed by atoms with Gasteiger partial charge in [-0.25, -0.2) is 19.6 Å². The van der Waals surface area contributed by atoms with Crippen molar-refractivity contribution in [3.05, 3.63) is 65.9 Å². The summed E-state index contributed by atoms with van der Waals surface area (Å²) in [6.45, 7) is 7.14. The van der Waals surface area contributed by atoms with Crippen molar-refractivity contribution in [2.24, 2.45) is 11.7 Å². The van der Waals surface area contributed by atoms with Gasteiger partial charge in [0.15, 0.2) is 5.66 Å². The predicted molar refractivity (Wildman–Crippen MR) is 244 cm³/mol. The van der Waals surface area contributed by atoms with Crippen LogP contribution in [0.15, 0.2) is 48.7 Å². The van der Waals surface area contributed by atoms with Crippen molar-refractivity contribution in [2.75, 3.05) is 34.5 Å². The number of likely N-dealkylation sites (tertiary alicyclic amines) is 2. The number of alkyl carbamates (subject to hydrolysis) is 2. The van der Waals surface area contributed by atoms with E-state index in [1.165, 1.54) is 21.3 Å². The van der Waals surface area contributed by atoms with Crippen LogP contribution in [0.2, 0.25) is 0 Å². The summed E-state index contributed by atoms with van der Waals surface area (Å²) < 4.78 is 27.3. The van der Waals surface area contributed by atoms with Crippen molar-refractivity contribution < 1.29 is 42.9 Å². The van der Waals surface area contributed by atoms with Crippen LogP contribution in [-0.2, 0) is 40.8 Å². The molecule has 6 N–H and O–H groups in total. The largest absolute Gasteiger partial charge is 0.488 e. The standard InChI is InChI=1S/C48H59N9O9/c1-7-31-14-17-48(49,57(31)44(59)40(55-47(61)64-6)27-15-18-65-19-16-27)45-50-23-36(52-45)29-9-11-32-30(20-29)24-66-38-22-33-28(21-34(32)38)10-12-35-41(33)53-42(51-35)37-13-8-25(2)56(37)43(58)39(26(3)62-4)54-46(60)63-5/h9-12,20-23,25-27,31,37,39-40H,7-8,13-19,24,49H2,1-6H3,(H,50,52)(H,51,53)(H,54,60)(H,55,61)/t25-,26+,31-,37-,39?,40?,48-/m0/s1. The molecule has 2 unspecified atom stereocenters. The Labute approximate surface area is 382 Å². The molecule has 0 aliphatic carbocycles. The second-order valence-corrected chi connectivity index (χ2v) is 18.0. The van der Waals surface area contributed by atoms with Crippen LogP contribution in [0.4, 0.5) is 9.59 Å². The van der Waals surface area contributed by atoms with E-state index < -0.39 is 36.0 Å². The highest BCUT2D eigenvalue weighted by atomic mass is 16.5. The topological polar surface area (TPSA) is 228 Å². The summed E-state index contributed by atoms with van der Waals surface area (Å²) in [6, 6.07) is 12.1. The Morgan fingerprint density at radius 1 is 0.939 bits per heavy atom. The Morgan fingerprint density at radius 3 is 2.45 bits per heavy atom. The predicted octanol–water partition coefficient (Wildman–Crippen LogP) is 6.14. The maximum atomic E-state index is 14.6. The van der Waals surface area contributed by atoms with E-state index in [9.17, 15) is 19.2 Å². The van der Waals surface area contributed by atoms with Gasteiger partial charge in [-0.05, 0) is 111 Å². The van der Waals surface area contributed by atoms with Crippen molar-refractivity contribution >= 4 is 45.8 Å². The highest BCUT2D eigenvalue weighted by Gasteiger charge is 2.51. The molecule has 0 bridgehead atoms. The second kappa shape index (κ2) is 18.2. The molecule has 2 aromatic heterocycles. The Hall–Kier alpha value is -6.24. The molecule has 3 aromatic carbocycles. The first-order chi connectivity index (χ1) is 31.9. The van der Waals surface area contributed by atoms with Gasteiger partial charge in [0.25, 0.3) is 0 Å². The molecule has 3 fully saturated rings. The third-order valence-electron chi connectivity index (χ3n) is 14.3. The minimum atomic E-state index is -1.23. The van der Waals surface area contributed by atoms with Gasteiger partial charge >= 0.3 is 12.2 Å². The molecule has 18 heteroatoms. The van der Waals surface area contributed by atoms with Crippen molar-refractivity contribution in [3.63, 3.8) is 0 Å². The average molecular weight is 906 g/mol. The van der Waals surface area contributed by atoms with Crippen LogP contribution in [-0.4, -0.2) is 119 Å². The Kier molecular flexibility index (Phi) is 12.4. The van der Waals surface area contributed by atoms with Gasteiger partial charge in [0.2, 0.25) is 11.8 Å². The zero-order valence-electron chi connectivity index (χ0n) is 38.3. The normalized spacial score (nSPS) is 23.2. The van der Waals surface area contributed by atoms with Gasteiger partial charge in [0.05, 0.1) is 49.3 Å². The first-order valence-corrected chi connectivity index (χ1v) is 22.9. The number of carbonyl (C=O) groups excluding carboxylic acids is 4. The minimum Gasteiger partial charge on any atom is -0.488 e. The van der Waals surface area contributed by atoms with E-state index in [1.807, 2.05) is 32.0 Å². The maximum Gasteiger partial charge on any atom is 0.407 e. The quantitative estimate of drug-likeness (QED) is 0.101. The lowest BCUT2D eigenvalue weighted by Crippen LogP contribution is -2.62. The molecule has 0 saturated carbocycles. The van der Waals surface area contributed by atoms with Gasteiger partial charge < -0.3 is 59.8 Å². The van der Waals surface area contributed by atoms with Crippen LogP contribution in [0.1, 0.15) is 89.0 Å². The monoisotopic (exact) mass is 905 g/mol. The molecule has 5 aromatic rings. The molecule has 18 nitrogen and oxygen atoms in total. The molecule has 66 heavy (non-hydrogen) atoms. The highest BCUT2D eigenvalue weighted by Crippen LogP contribution is 2.45. The van der Waals surface area contributed by atoms with Crippen molar-refractivity contribution in [2.45, 2.75) is 114 Å². The third kappa shape index (κ3) is 7.97. The third-order valence-corrected chi connectivity index (χ3v) is 14.3. The lowest BCUT2D eigenvalue weighted by Gasteiger charge is -2.41. The molecule has 350 valence electrons. The summed E-state index contributed by atoms with van der Waals surface area (Å²) in [4.78, 5) is 73.8. The highest BCUT2D eigenvalue weighted by molar-refractivity contribution is 6.07. The number of carbonyl (C=O) groups is 4. The average Bonchev–Trinajstić information content (AvgIpc) is 4.16.